The van der Waals surface area contributed by atoms with Crippen LogP contribution in [-0.2, 0) is 32.0 Å². The zero-order valence-corrected chi connectivity index (χ0v) is 30.2. The lowest BCUT2D eigenvalue weighted by Gasteiger charge is -2.34. The quantitative estimate of drug-likeness (QED) is 0.155. The van der Waals surface area contributed by atoms with Crippen molar-refractivity contribution in [3.63, 3.8) is 0 Å². The van der Waals surface area contributed by atoms with Gasteiger partial charge in [0.1, 0.15) is 11.8 Å². The number of carbonyl (C=O) groups excluding carboxylic acids is 4. The van der Waals surface area contributed by atoms with Crippen molar-refractivity contribution < 1.29 is 34.1 Å². The molecular formula is C38H47N5O7S. The SMILES string of the molecule is Cc1cc(NC(=O)CCN)cc(C)c1OCC(=O)N[C@@H](Cc1ccccc1)[C@H](O)C(=O)N1CSC(C)(C)[C@H]1C(=O)N[C@H]1c2ccccc2C[C@H]1O. The van der Waals surface area contributed by atoms with E-state index >= 15 is 0 Å². The maximum absolute atomic E-state index is 14.1. The molecule has 12 nitrogen and oxygen atoms in total. The van der Waals surface area contributed by atoms with Gasteiger partial charge in [0.15, 0.2) is 12.7 Å². The molecule has 0 saturated carbocycles. The molecule has 1 aliphatic heterocycles. The highest BCUT2D eigenvalue weighted by molar-refractivity contribution is 8.00. The number of aryl methyl sites for hydroxylation is 2. The van der Waals surface area contributed by atoms with Crippen LogP contribution in [0.2, 0.25) is 0 Å². The van der Waals surface area contributed by atoms with E-state index in [1.165, 1.54) is 16.7 Å². The summed E-state index contributed by atoms with van der Waals surface area (Å²) in [6.07, 6.45) is -1.75. The van der Waals surface area contributed by atoms with E-state index < -0.39 is 59.4 Å². The van der Waals surface area contributed by atoms with Crippen LogP contribution < -0.4 is 26.4 Å². The highest BCUT2D eigenvalue weighted by atomic mass is 32.2. The molecule has 1 fully saturated rings. The molecule has 1 saturated heterocycles. The summed E-state index contributed by atoms with van der Waals surface area (Å²) in [4.78, 5) is 54.7. The van der Waals surface area contributed by atoms with Gasteiger partial charge in [-0.15, -0.1) is 11.8 Å². The first-order chi connectivity index (χ1) is 24.3. The Balaban J connectivity index is 1.30. The van der Waals surface area contributed by atoms with Gasteiger partial charge < -0.3 is 41.5 Å². The molecule has 0 spiro atoms. The minimum absolute atomic E-state index is 0.140. The first kappa shape index (κ1) is 37.8. The normalized spacial score (nSPS) is 20.2. The fourth-order valence-electron chi connectivity index (χ4n) is 6.84. The van der Waals surface area contributed by atoms with Gasteiger partial charge >= 0.3 is 0 Å². The van der Waals surface area contributed by atoms with Gasteiger partial charge in [-0.05, 0) is 74.1 Å². The largest absolute Gasteiger partial charge is 0.483 e. The molecule has 0 radical (unpaired) electrons. The first-order valence-electron chi connectivity index (χ1n) is 17.0. The highest BCUT2D eigenvalue weighted by Gasteiger charge is 2.50. The molecule has 272 valence electrons. The Kier molecular flexibility index (Phi) is 12.1. The molecule has 3 aromatic rings. The molecule has 5 rings (SSSR count). The summed E-state index contributed by atoms with van der Waals surface area (Å²) >= 11 is 1.41. The fraction of sp³-hybridized carbons (Fsp3) is 0.421. The number of hydrogen-bond donors (Lipinski definition) is 6. The molecule has 3 aromatic carbocycles. The number of carbonyl (C=O) groups is 4. The Hall–Kier alpha value is -4.43. The van der Waals surface area contributed by atoms with Crippen LogP contribution in [-0.4, -0.2) is 86.8 Å². The molecule has 7 N–H and O–H groups in total. The molecule has 1 heterocycles. The van der Waals surface area contributed by atoms with Gasteiger partial charge in [0.2, 0.25) is 11.8 Å². The van der Waals surface area contributed by atoms with Crippen molar-refractivity contribution in [3.05, 3.63) is 94.5 Å². The smallest absolute Gasteiger partial charge is 0.258 e. The van der Waals surface area contributed by atoms with E-state index in [0.717, 1.165) is 16.7 Å². The number of aliphatic hydroxyl groups excluding tert-OH is 2. The summed E-state index contributed by atoms with van der Waals surface area (Å²) in [6, 6.07) is 17.6. The molecule has 1 aliphatic carbocycles. The van der Waals surface area contributed by atoms with Crippen molar-refractivity contribution in [2.24, 2.45) is 5.73 Å². The van der Waals surface area contributed by atoms with E-state index in [1.54, 1.807) is 26.0 Å². The number of rotatable bonds is 13. The predicted molar refractivity (Wildman–Crippen MR) is 196 cm³/mol. The van der Waals surface area contributed by atoms with Crippen LogP contribution in [0.5, 0.6) is 5.75 Å². The summed E-state index contributed by atoms with van der Waals surface area (Å²) in [5.74, 6) is -1.26. The van der Waals surface area contributed by atoms with Crippen LogP contribution in [0.4, 0.5) is 5.69 Å². The van der Waals surface area contributed by atoms with E-state index in [1.807, 2.05) is 68.4 Å². The van der Waals surface area contributed by atoms with E-state index in [9.17, 15) is 29.4 Å². The van der Waals surface area contributed by atoms with Gasteiger partial charge in [-0.1, -0.05) is 54.6 Å². The summed E-state index contributed by atoms with van der Waals surface area (Å²) in [5, 5.41) is 31.0. The van der Waals surface area contributed by atoms with Crippen molar-refractivity contribution >= 4 is 41.1 Å². The lowest BCUT2D eigenvalue weighted by atomic mass is 9.96. The molecule has 0 unspecified atom stereocenters. The van der Waals surface area contributed by atoms with Crippen LogP contribution in [0, 0.1) is 13.8 Å². The molecule has 0 aromatic heterocycles. The molecule has 0 bridgehead atoms. The average Bonchev–Trinajstić information content (AvgIpc) is 3.58. The van der Waals surface area contributed by atoms with Crippen molar-refractivity contribution in [2.45, 2.75) is 82.0 Å². The number of amides is 4. The van der Waals surface area contributed by atoms with Gasteiger partial charge in [0.05, 0.1) is 24.1 Å². The molecule has 4 amide bonds. The van der Waals surface area contributed by atoms with E-state index in [0.29, 0.717) is 29.0 Å². The van der Waals surface area contributed by atoms with Gasteiger partial charge in [-0.2, -0.15) is 0 Å². The number of anilines is 1. The van der Waals surface area contributed by atoms with Gasteiger partial charge in [-0.25, -0.2) is 0 Å². The topological polar surface area (TPSA) is 183 Å². The third-order valence-electron chi connectivity index (χ3n) is 9.32. The number of nitrogens with zero attached hydrogens (tertiary/aromatic N) is 1. The standard InChI is InChI=1S/C38H47N5O7S/c1-22-16-26(40-30(45)14-15-39)17-23(2)34(22)50-20-31(46)41-28(18-24-10-6-5-7-11-24)33(47)37(49)43-21-51-38(3,4)35(43)36(48)42-32-27-13-9-8-12-25(27)19-29(32)44/h5-13,16-17,28-29,32-33,35,44,47H,14-15,18-21,39H2,1-4H3,(H,40,45)(H,41,46)(H,42,48)/t28-,29+,32-,33-,35+/m0/s1. The third-order valence-corrected chi connectivity index (χ3v) is 10.7. The summed E-state index contributed by atoms with van der Waals surface area (Å²) in [7, 11) is 0. The Morgan fingerprint density at radius 1 is 1.02 bits per heavy atom. The molecular weight excluding hydrogens is 671 g/mol. The first-order valence-corrected chi connectivity index (χ1v) is 18.0. The summed E-state index contributed by atoms with van der Waals surface area (Å²) in [5.41, 5.74) is 10.0. The predicted octanol–water partition coefficient (Wildman–Crippen LogP) is 2.51. The third kappa shape index (κ3) is 8.90. The average molecular weight is 718 g/mol. The number of nitrogens with two attached hydrogens (primary N) is 1. The number of hydrogen-bond acceptors (Lipinski definition) is 9. The summed E-state index contributed by atoms with van der Waals surface area (Å²) in [6.45, 7) is 7.17. The van der Waals surface area contributed by atoms with Crippen molar-refractivity contribution in [2.75, 3.05) is 24.3 Å². The minimum atomic E-state index is -1.68. The lowest BCUT2D eigenvalue weighted by molar-refractivity contribution is -0.148. The van der Waals surface area contributed by atoms with E-state index in [-0.39, 0.29) is 31.2 Å². The maximum atomic E-state index is 14.1. The minimum Gasteiger partial charge on any atom is -0.483 e. The van der Waals surface area contributed by atoms with Crippen LogP contribution in [0.25, 0.3) is 0 Å². The number of thioether (sulfide) groups is 1. The number of fused-ring (bicyclic) bond motifs is 1. The second-order valence-electron chi connectivity index (χ2n) is 13.7. The van der Waals surface area contributed by atoms with Crippen LogP contribution in [0.3, 0.4) is 0 Å². The Morgan fingerprint density at radius 3 is 2.37 bits per heavy atom. The Bertz CT molecular complexity index is 1730. The van der Waals surface area contributed by atoms with E-state index in [2.05, 4.69) is 16.0 Å². The summed E-state index contributed by atoms with van der Waals surface area (Å²) < 4.78 is 5.20. The van der Waals surface area contributed by atoms with Crippen molar-refractivity contribution in [3.8, 4) is 5.75 Å². The monoisotopic (exact) mass is 717 g/mol. The molecule has 51 heavy (non-hydrogen) atoms. The molecule has 5 atom stereocenters. The highest BCUT2D eigenvalue weighted by Crippen LogP contribution is 2.41. The van der Waals surface area contributed by atoms with Crippen LogP contribution in [0.15, 0.2) is 66.7 Å². The van der Waals surface area contributed by atoms with Crippen molar-refractivity contribution in [1.29, 1.82) is 0 Å². The van der Waals surface area contributed by atoms with E-state index in [4.69, 9.17) is 10.5 Å². The van der Waals surface area contributed by atoms with Crippen LogP contribution >= 0.6 is 11.8 Å². The number of ether oxygens (including phenoxy) is 1. The zero-order chi connectivity index (χ0) is 36.9. The molecule has 13 heteroatoms. The Morgan fingerprint density at radius 2 is 1.69 bits per heavy atom. The maximum Gasteiger partial charge on any atom is 0.258 e. The number of aliphatic hydroxyl groups is 2. The molecule has 2 aliphatic rings. The van der Waals surface area contributed by atoms with Crippen LogP contribution in [0.1, 0.15) is 54.1 Å². The number of nitrogens with one attached hydrogen (secondary N) is 3. The van der Waals surface area contributed by atoms with Gasteiger partial charge in [0.25, 0.3) is 11.8 Å². The van der Waals surface area contributed by atoms with Gasteiger partial charge in [0, 0.05) is 29.8 Å². The number of benzene rings is 3. The second-order valence-corrected chi connectivity index (χ2v) is 15.3. The Labute approximate surface area is 302 Å². The zero-order valence-electron chi connectivity index (χ0n) is 29.3. The van der Waals surface area contributed by atoms with Gasteiger partial charge in [-0.3, -0.25) is 19.2 Å². The fourth-order valence-corrected chi connectivity index (χ4v) is 7.98. The lowest BCUT2D eigenvalue weighted by Crippen LogP contribution is -2.59. The second kappa shape index (κ2) is 16.3. The van der Waals surface area contributed by atoms with Crippen molar-refractivity contribution in [1.82, 2.24) is 15.5 Å².